The van der Waals surface area contributed by atoms with E-state index in [2.05, 4.69) is 24.1 Å². The number of rotatable bonds is 6. The topological polar surface area (TPSA) is 38.5 Å². The van der Waals surface area contributed by atoms with Gasteiger partial charge in [-0.15, -0.1) is 0 Å². The molecule has 0 aromatic heterocycles. The minimum absolute atomic E-state index is 0.537. The van der Waals surface area contributed by atoms with Crippen molar-refractivity contribution in [1.29, 1.82) is 0 Å². The van der Waals surface area contributed by atoms with E-state index >= 15 is 0 Å². The molecule has 0 aliphatic rings. The Bertz CT molecular complexity index is 601. The molecule has 2 aromatic rings. The Balaban J connectivity index is 2.09. The van der Waals surface area contributed by atoms with Crippen molar-refractivity contribution in [1.82, 2.24) is 4.90 Å². The van der Waals surface area contributed by atoms with Gasteiger partial charge in [0, 0.05) is 30.2 Å². The summed E-state index contributed by atoms with van der Waals surface area (Å²) in [6.07, 6.45) is 0. The van der Waals surface area contributed by atoms with Gasteiger partial charge in [-0.25, -0.2) is 0 Å². The fourth-order valence-corrected chi connectivity index (χ4v) is 2.59. The van der Waals surface area contributed by atoms with E-state index in [1.807, 2.05) is 30.3 Å². The van der Waals surface area contributed by atoms with E-state index < -0.39 is 0 Å². The van der Waals surface area contributed by atoms with E-state index in [4.69, 9.17) is 22.1 Å². The van der Waals surface area contributed by atoms with Crippen molar-refractivity contribution in [3.63, 3.8) is 0 Å². The molecule has 4 heteroatoms. The van der Waals surface area contributed by atoms with Crippen molar-refractivity contribution in [2.75, 3.05) is 14.2 Å². The van der Waals surface area contributed by atoms with E-state index in [-0.39, 0.29) is 0 Å². The summed E-state index contributed by atoms with van der Waals surface area (Å²) in [6.45, 7) is 2.16. The molecule has 0 amide bonds. The molecule has 0 radical (unpaired) electrons. The quantitative estimate of drug-likeness (QED) is 0.888. The van der Waals surface area contributed by atoms with Gasteiger partial charge in [0.05, 0.1) is 7.11 Å². The van der Waals surface area contributed by atoms with Crippen molar-refractivity contribution < 1.29 is 4.74 Å². The van der Waals surface area contributed by atoms with Crippen LogP contribution < -0.4 is 10.5 Å². The summed E-state index contributed by atoms with van der Waals surface area (Å²) in [5.74, 6) is 0.894. The molecule has 0 aliphatic heterocycles. The van der Waals surface area contributed by atoms with Crippen LogP contribution in [0.1, 0.15) is 16.7 Å². The molecule has 3 nitrogen and oxygen atoms in total. The average Bonchev–Trinajstić information content (AvgIpc) is 2.47. The second-order valence-corrected chi connectivity index (χ2v) is 5.59. The van der Waals surface area contributed by atoms with Crippen molar-refractivity contribution in [2.24, 2.45) is 5.73 Å². The molecule has 0 aliphatic carbocycles. The maximum absolute atomic E-state index is 6.02. The van der Waals surface area contributed by atoms with Gasteiger partial charge in [0.1, 0.15) is 5.75 Å². The highest BCUT2D eigenvalue weighted by Gasteiger charge is 2.08. The summed E-state index contributed by atoms with van der Waals surface area (Å²) in [5, 5.41) is 0.767. The van der Waals surface area contributed by atoms with E-state index in [9.17, 15) is 0 Å². The van der Waals surface area contributed by atoms with Crippen molar-refractivity contribution in [2.45, 2.75) is 19.6 Å². The van der Waals surface area contributed by atoms with Gasteiger partial charge in [-0.1, -0.05) is 29.8 Å². The number of ether oxygens (including phenoxy) is 1. The maximum Gasteiger partial charge on any atom is 0.123 e. The van der Waals surface area contributed by atoms with Crippen LogP contribution in [0.4, 0.5) is 0 Å². The summed E-state index contributed by atoms with van der Waals surface area (Å²) in [7, 11) is 3.77. The van der Waals surface area contributed by atoms with Crippen LogP contribution >= 0.6 is 11.6 Å². The van der Waals surface area contributed by atoms with Crippen LogP contribution in [-0.4, -0.2) is 19.1 Å². The number of hydrogen-bond donors (Lipinski definition) is 1. The number of halogens is 1. The van der Waals surface area contributed by atoms with Crippen molar-refractivity contribution in [3.05, 3.63) is 64.2 Å². The van der Waals surface area contributed by atoms with Crippen molar-refractivity contribution >= 4 is 11.6 Å². The zero-order valence-electron chi connectivity index (χ0n) is 12.5. The Kier molecular flexibility index (Phi) is 5.62. The van der Waals surface area contributed by atoms with Gasteiger partial charge in [-0.2, -0.15) is 0 Å². The van der Waals surface area contributed by atoms with E-state index in [0.717, 1.165) is 35.0 Å². The van der Waals surface area contributed by atoms with Crippen molar-refractivity contribution in [3.8, 4) is 5.75 Å². The second kappa shape index (κ2) is 7.46. The first kappa shape index (κ1) is 15.8. The van der Waals surface area contributed by atoms with Crippen LogP contribution in [-0.2, 0) is 19.6 Å². The van der Waals surface area contributed by atoms with Crippen LogP contribution in [0.15, 0.2) is 42.5 Å². The summed E-state index contributed by atoms with van der Waals surface area (Å²) in [4.78, 5) is 2.23. The van der Waals surface area contributed by atoms with E-state index in [1.165, 1.54) is 5.56 Å². The molecule has 0 fully saturated rings. The highest BCUT2D eigenvalue weighted by atomic mass is 35.5. The van der Waals surface area contributed by atoms with Gasteiger partial charge in [0.15, 0.2) is 0 Å². The minimum Gasteiger partial charge on any atom is -0.496 e. The molecule has 0 heterocycles. The molecule has 0 saturated carbocycles. The maximum atomic E-state index is 6.02. The molecule has 2 N–H and O–H groups in total. The lowest BCUT2D eigenvalue weighted by Crippen LogP contribution is -2.18. The molecule has 21 heavy (non-hydrogen) atoms. The van der Waals surface area contributed by atoms with Gasteiger partial charge in [0.25, 0.3) is 0 Å². The molecule has 0 saturated heterocycles. The highest BCUT2D eigenvalue weighted by Crippen LogP contribution is 2.22. The predicted octanol–water partition coefficient (Wildman–Crippen LogP) is 3.44. The Morgan fingerprint density at radius 1 is 1.10 bits per heavy atom. The molecule has 0 atom stereocenters. The molecule has 2 rings (SSSR count). The molecule has 0 bridgehead atoms. The first-order valence-corrected chi connectivity index (χ1v) is 7.29. The van der Waals surface area contributed by atoms with Crippen LogP contribution in [0.25, 0.3) is 0 Å². The number of nitrogens with zero attached hydrogens (tertiary/aromatic N) is 1. The zero-order valence-corrected chi connectivity index (χ0v) is 13.2. The fourth-order valence-electron chi connectivity index (χ4n) is 2.38. The SMILES string of the molecule is COc1ccc(CN)cc1CN(C)Cc1cccc(Cl)c1. The standard InChI is InChI=1S/C17H21ClN2O/c1-20(11-14-4-3-5-16(18)9-14)12-15-8-13(10-19)6-7-17(15)21-2/h3-9H,10-12,19H2,1-2H3. The largest absolute Gasteiger partial charge is 0.496 e. The summed E-state index contributed by atoms with van der Waals surface area (Å²) >= 11 is 6.02. The molecular weight excluding hydrogens is 284 g/mol. The van der Waals surface area contributed by atoms with E-state index in [1.54, 1.807) is 7.11 Å². The second-order valence-electron chi connectivity index (χ2n) is 5.15. The minimum atomic E-state index is 0.537. The average molecular weight is 305 g/mol. The number of benzene rings is 2. The fraction of sp³-hybridized carbons (Fsp3) is 0.294. The number of hydrogen-bond acceptors (Lipinski definition) is 3. The van der Waals surface area contributed by atoms with Crippen LogP contribution in [0.2, 0.25) is 5.02 Å². The molecular formula is C17H21ClN2O. The first-order chi connectivity index (χ1) is 10.1. The lowest BCUT2D eigenvalue weighted by molar-refractivity contribution is 0.310. The summed E-state index contributed by atoms with van der Waals surface area (Å²) in [6, 6.07) is 14.0. The third kappa shape index (κ3) is 4.46. The Hall–Kier alpha value is -1.55. The molecule has 0 spiro atoms. The van der Waals surface area contributed by atoms with Gasteiger partial charge < -0.3 is 10.5 Å². The monoisotopic (exact) mass is 304 g/mol. The smallest absolute Gasteiger partial charge is 0.123 e. The van der Waals surface area contributed by atoms with E-state index in [0.29, 0.717) is 6.54 Å². The lowest BCUT2D eigenvalue weighted by atomic mass is 10.1. The molecule has 0 unspecified atom stereocenters. The highest BCUT2D eigenvalue weighted by molar-refractivity contribution is 6.30. The molecule has 112 valence electrons. The number of methoxy groups -OCH3 is 1. The third-order valence-corrected chi connectivity index (χ3v) is 3.60. The Morgan fingerprint density at radius 2 is 1.90 bits per heavy atom. The van der Waals surface area contributed by atoms with Crippen LogP contribution in [0, 0.1) is 0 Å². The van der Waals surface area contributed by atoms with Crippen LogP contribution in [0.3, 0.4) is 0 Å². The lowest BCUT2D eigenvalue weighted by Gasteiger charge is -2.19. The van der Waals surface area contributed by atoms with Gasteiger partial charge in [-0.3, -0.25) is 4.90 Å². The predicted molar refractivity (Wildman–Crippen MR) is 87.5 cm³/mol. The third-order valence-electron chi connectivity index (χ3n) is 3.36. The Labute approximate surface area is 131 Å². The zero-order chi connectivity index (χ0) is 15.2. The summed E-state index contributed by atoms with van der Waals surface area (Å²) < 4.78 is 5.43. The summed E-state index contributed by atoms with van der Waals surface area (Å²) in [5.41, 5.74) is 9.16. The van der Waals surface area contributed by atoms with Gasteiger partial charge in [0.2, 0.25) is 0 Å². The first-order valence-electron chi connectivity index (χ1n) is 6.91. The Morgan fingerprint density at radius 3 is 2.57 bits per heavy atom. The molecule has 2 aromatic carbocycles. The van der Waals surface area contributed by atoms with Crippen LogP contribution in [0.5, 0.6) is 5.75 Å². The van der Waals surface area contributed by atoms with Gasteiger partial charge >= 0.3 is 0 Å². The number of nitrogens with two attached hydrogens (primary N) is 1. The normalized spacial score (nSPS) is 10.9. The van der Waals surface area contributed by atoms with Gasteiger partial charge in [-0.05, 0) is 42.4 Å².